The largest absolute Gasteiger partial charge is 0.147 e. The summed E-state index contributed by atoms with van der Waals surface area (Å²) in [5.41, 5.74) is 5.27. The number of benzene rings is 1. The molecule has 0 N–H and O–H groups in total. The molecule has 3 heteroatoms. The number of hydrogen-bond donors (Lipinski definition) is 0. The van der Waals surface area contributed by atoms with Gasteiger partial charge >= 0.3 is 0 Å². The summed E-state index contributed by atoms with van der Waals surface area (Å²) in [5.74, 6) is 0.454. The number of halogens is 2. The van der Waals surface area contributed by atoms with E-state index in [-0.39, 0.29) is 50.7 Å². The number of rotatable bonds is 0. The second-order valence-electron chi connectivity index (χ2n) is 3.89. The van der Waals surface area contributed by atoms with Gasteiger partial charge in [0.25, 0.3) is 0 Å². The van der Waals surface area contributed by atoms with E-state index >= 15 is 0 Å². The van der Waals surface area contributed by atoms with Crippen molar-refractivity contribution < 1.29 is 25.8 Å². The molecule has 0 bridgehead atoms. The molecule has 17 heavy (non-hydrogen) atoms. The zero-order valence-electron chi connectivity index (χ0n) is 9.44. The zero-order chi connectivity index (χ0) is 9.54. The Kier molecular flexibility index (Phi) is 6.68. The first kappa shape index (κ1) is 16.9. The van der Waals surface area contributed by atoms with Gasteiger partial charge in [0.05, 0.1) is 0 Å². The fourth-order valence-electron chi connectivity index (χ4n) is 2.14. The predicted molar refractivity (Wildman–Crippen MR) is 72.6 cm³/mol. The summed E-state index contributed by atoms with van der Waals surface area (Å²) in [7, 11) is 0. The third-order valence-electron chi connectivity index (χ3n) is 2.85. The molecule has 2 aliphatic carbocycles. The molecule has 0 spiro atoms. The molecule has 1 atom stereocenters. The van der Waals surface area contributed by atoms with E-state index in [0.29, 0.717) is 5.92 Å². The van der Waals surface area contributed by atoms with Crippen LogP contribution < -0.4 is 0 Å². The van der Waals surface area contributed by atoms with Crippen molar-refractivity contribution in [1.29, 1.82) is 0 Å². The van der Waals surface area contributed by atoms with Gasteiger partial charge in [-0.1, -0.05) is 23.8 Å². The van der Waals surface area contributed by atoms with Gasteiger partial charge in [0.15, 0.2) is 0 Å². The fourth-order valence-corrected chi connectivity index (χ4v) is 2.14. The average Bonchev–Trinajstić information content (AvgIpc) is 2.54. The van der Waals surface area contributed by atoms with Crippen LogP contribution in [0.1, 0.15) is 22.6 Å². The van der Waals surface area contributed by atoms with Crippen LogP contribution in [-0.2, 0) is 25.8 Å². The van der Waals surface area contributed by atoms with Crippen LogP contribution in [0.5, 0.6) is 0 Å². The van der Waals surface area contributed by atoms with Crippen molar-refractivity contribution in [2.75, 3.05) is 0 Å². The maximum Gasteiger partial charge on any atom is 0 e. The second kappa shape index (κ2) is 6.72. The van der Waals surface area contributed by atoms with Gasteiger partial charge in [-0.3, -0.25) is 0 Å². The number of aryl methyl sites for hydroxylation is 1. The Hall–Kier alpha value is -0.110. The molecule has 1 aromatic carbocycles. The minimum absolute atomic E-state index is 0. The quantitative estimate of drug-likeness (QED) is 0.429. The molecule has 0 amide bonds. The molecular weight excluding hydrogens is 418 g/mol. The minimum Gasteiger partial charge on any atom is -0.147 e. The number of hydrogen-bond acceptors (Lipinski definition) is 0. The molecule has 88 valence electrons. The van der Waals surface area contributed by atoms with Crippen LogP contribution in [-0.4, -0.2) is 0 Å². The van der Waals surface area contributed by atoms with Crippen molar-refractivity contribution in [3.05, 3.63) is 70.8 Å². The van der Waals surface area contributed by atoms with Crippen molar-refractivity contribution in [2.45, 2.75) is 12.8 Å². The Balaban J connectivity index is 0.000000853. The van der Waals surface area contributed by atoms with E-state index in [0.717, 1.165) is 0 Å². The molecule has 2 aliphatic rings. The summed E-state index contributed by atoms with van der Waals surface area (Å²) in [5, 5.41) is 0. The van der Waals surface area contributed by atoms with Gasteiger partial charge in [-0.25, -0.2) is 0 Å². The minimum atomic E-state index is 0. The molecule has 0 saturated carbocycles. The maximum absolute atomic E-state index is 3.46. The molecule has 0 aliphatic heterocycles. The topological polar surface area (TPSA) is 0 Å². The van der Waals surface area contributed by atoms with Crippen LogP contribution in [0.2, 0.25) is 0 Å². The van der Waals surface area contributed by atoms with E-state index in [9.17, 15) is 0 Å². The van der Waals surface area contributed by atoms with Gasteiger partial charge in [0.2, 0.25) is 0 Å². The van der Waals surface area contributed by atoms with Gasteiger partial charge in [-0.2, -0.15) is 0 Å². The molecule has 0 aromatic heterocycles. The SMILES string of the molecule is Cc1ccc2c(c1)[C-]=C1C=CC=CC12.Cl.Cl.[Hf]. The molecular formula is C14H13Cl2Hf-. The van der Waals surface area contributed by atoms with E-state index in [1.54, 1.807) is 0 Å². The summed E-state index contributed by atoms with van der Waals surface area (Å²) in [6.07, 6.45) is 12.0. The molecule has 0 heterocycles. The third kappa shape index (κ3) is 3.01. The van der Waals surface area contributed by atoms with Crippen molar-refractivity contribution in [3.8, 4) is 0 Å². The molecule has 3 rings (SSSR count). The Morgan fingerprint density at radius 2 is 1.88 bits per heavy atom. The number of fused-ring (bicyclic) bond motifs is 3. The molecule has 1 aromatic rings. The predicted octanol–water partition coefficient (Wildman–Crippen LogP) is 4.14. The van der Waals surface area contributed by atoms with E-state index in [2.05, 4.69) is 55.5 Å². The van der Waals surface area contributed by atoms with Crippen molar-refractivity contribution in [2.24, 2.45) is 0 Å². The van der Waals surface area contributed by atoms with Gasteiger partial charge < -0.3 is 0 Å². The van der Waals surface area contributed by atoms with Crippen LogP contribution in [0.4, 0.5) is 0 Å². The Labute approximate surface area is 133 Å². The van der Waals surface area contributed by atoms with Gasteiger partial charge in [0.1, 0.15) is 0 Å². The Morgan fingerprint density at radius 1 is 1.12 bits per heavy atom. The smallest absolute Gasteiger partial charge is 0 e. The first-order valence-corrected chi connectivity index (χ1v) is 4.94. The third-order valence-corrected chi connectivity index (χ3v) is 2.85. The summed E-state index contributed by atoms with van der Waals surface area (Å²) in [4.78, 5) is 0. The van der Waals surface area contributed by atoms with Crippen LogP contribution in [0.15, 0.2) is 48.1 Å². The zero-order valence-corrected chi connectivity index (χ0v) is 14.7. The van der Waals surface area contributed by atoms with E-state index in [1.165, 1.54) is 22.3 Å². The Bertz CT molecular complexity index is 487. The summed E-state index contributed by atoms with van der Waals surface area (Å²) >= 11 is 0. The second-order valence-corrected chi connectivity index (χ2v) is 3.89. The molecule has 0 fully saturated rings. The van der Waals surface area contributed by atoms with Crippen molar-refractivity contribution >= 4 is 24.8 Å². The number of allylic oxidation sites excluding steroid dienone is 5. The van der Waals surface area contributed by atoms with E-state index in [4.69, 9.17) is 0 Å². The molecule has 0 radical (unpaired) electrons. The van der Waals surface area contributed by atoms with Gasteiger partial charge in [0, 0.05) is 25.8 Å². The van der Waals surface area contributed by atoms with Crippen LogP contribution in [0.25, 0.3) is 0 Å². The van der Waals surface area contributed by atoms with Crippen LogP contribution in [0.3, 0.4) is 0 Å². The molecule has 0 nitrogen and oxygen atoms in total. The van der Waals surface area contributed by atoms with Crippen molar-refractivity contribution in [1.82, 2.24) is 0 Å². The average molecular weight is 431 g/mol. The van der Waals surface area contributed by atoms with Crippen LogP contribution in [0, 0.1) is 13.0 Å². The summed E-state index contributed by atoms with van der Waals surface area (Å²) in [6.45, 7) is 2.13. The monoisotopic (exact) mass is 431 g/mol. The van der Waals surface area contributed by atoms with Crippen molar-refractivity contribution in [3.63, 3.8) is 0 Å². The molecule has 0 saturated heterocycles. The fraction of sp³-hybridized carbons (Fsp3) is 0.143. The Morgan fingerprint density at radius 3 is 2.65 bits per heavy atom. The standard InChI is InChI=1S/C14H11.2ClH.Hf/c1-10-6-7-14-12(8-10)9-11-4-2-3-5-13(11)14;;;/h2-8,13H,1H3;2*1H;/q-1;;;. The van der Waals surface area contributed by atoms with Gasteiger partial charge in [-0.05, 0) is 12.8 Å². The molecule has 1 unspecified atom stereocenters. The first-order valence-electron chi connectivity index (χ1n) is 4.94. The summed E-state index contributed by atoms with van der Waals surface area (Å²) < 4.78 is 0. The normalized spacial score (nSPS) is 17.9. The maximum atomic E-state index is 3.46. The summed E-state index contributed by atoms with van der Waals surface area (Å²) in [6, 6.07) is 6.61. The van der Waals surface area contributed by atoms with E-state index < -0.39 is 0 Å². The van der Waals surface area contributed by atoms with E-state index in [1.807, 2.05) is 0 Å². The van der Waals surface area contributed by atoms with Crippen LogP contribution >= 0.6 is 24.8 Å². The van der Waals surface area contributed by atoms with Gasteiger partial charge in [-0.15, -0.1) is 71.9 Å². The first-order chi connectivity index (χ1) is 6.84.